The number of sulfonamides is 1. The molecule has 2 amide bonds. The van der Waals surface area contributed by atoms with Crippen molar-refractivity contribution < 1.29 is 18.0 Å². The maximum atomic E-state index is 13.0. The van der Waals surface area contributed by atoms with E-state index in [1.165, 1.54) is 22.1 Å². The molecule has 2 aliphatic rings. The highest BCUT2D eigenvalue weighted by Gasteiger charge is 2.29. The van der Waals surface area contributed by atoms with Gasteiger partial charge in [-0.05, 0) is 43.2 Å². The van der Waals surface area contributed by atoms with Gasteiger partial charge < -0.3 is 10.6 Å². The number of fused-ring (bicyclic) bond motifs is 1. The third kappa shape index (κ3) is 5.11. The Hall–Kier alpha value is -2.36. The molecule has 0 radical (unpaired) electrons. The Kier molecular flexibility index (Phi) is 6.64. The van der Waals surface area contributed by atoms with Crippen LogP contribution in [0.1, 0.15) is 32.1 Å². The van der Waals surface area contributed by atoms with Crippen molar-refractivity contribution >= 4 is 45.0 Å². The summed E-state index contributed by atoms with van der Waals surface area (Å²) in [6.07, 6.45) is 3.80. The zero-order valence-corrected chi connectivity index (χ0v) is 18.7. The first-order valence-corrected chi connectivity index (χ1v) is 12.7. The van der Waals surface area contributed by atoms with Crippen molar-refractivity contribution in [1.82, 2.24) is 4.31 Å². The second kappa shape index (κ2) is 9.42. The van der Waals surface area contributed by atoms with E-state index in [1.54, 1.807) is 18.2 Å². The molecule has 9 heteroatoms. The number of para-hydroxylation sites is 1. The van der Waals surface area contributed by atoms with Crippen LogP contribution in [0.5, 0.6) is 0 Å². The number of carbonyl (C=O) groups is 2. The molecular weight excluding hydrogens is 434 g/mol. The second-order valence-corrected chi connectivity index (χ2v) is 10.9. The first-order valence-electron chi connectivity index (χ1n) is 10.4. The summed E-state index contributed by atoms with van der Waals surface area (Å²) >= 11 is 1.36. The maximum absolute atomic E-state index is 13.0. The van der Waals surface area contributed by atoms with Gasteiger partial charge in [-0.3, -0.25) is 9.59 Å². The molecule has 0 saturated carbocycles. The quantitative estimate of drug-likeness (QED) is 0.711. The molecule has 1 saturated heterocycles. The Labute approximate surface area is 186 Å². The maximum Gasteiger partial charge on any atom is 0.243 e. The van der Waals surface area contributed by atoms with Gasteiger partial charge in [0.2, 0.25) is 21.8 Å². The Morgan fingerprint density at radius 2 is 1.81 bits per heavy atom. The minimum absolute atomic E-state index is 0.00601. The van der Waals surface area contributed by atoms with Crippen LogP contribution in [-0.4, -0.2) is 42.9 Å². The Morgan fingerprint density at radius 3 is 2.58 bits per heavy atom. The molecule has 4 rings (SSSR count). The van der Waals surface area contributed by atoms with Gasteiger partial charge in [0.25, 0.3) is 0 Å². The van der Waals surface area contributed by atoms with E-state index in [4.69, 9.17) is 0 Å². The molecule has 164 valence electrons. The highest BCUT2D eigenvalue weighted by atomic mass is 32.2. The van der Waals surface area contributed by atoms with Gasteiger partial charge in [0.05, 0.1) is 15.8 Å². The molecule has 31 heavy (non-hydrogen) atoms. The summed E-state index contributed by atoms with van der Waals surface area (Å²) < 4.78 is 27.6. The van der Waals surface area contributed by atoms with Crippen LogP contribution in [0.2, 0.25) is 0 Å². The number of hydrogen-bond acceptors (Lipinski definition) is 5. The molecule has 0 spiro atoms. The molecule has 0 aliphatic carbocycles. The van der Waals surface area contributed by atoms with E-state index in [0.717, 1.165) is 36.3 Å². The number of rotatable bonds is 5. The van der Waals surface area contributed by atoms with Gasteiger partial charge in [0, 0.05) is 30.1 Å². The summed E-state index contributed by atoms with van der Waals surface area (Å²) in [5, 5.41) is 5.03. The summed E-state index contributed by atoms with van der Waals surface area (Å²) in [7, 11) is -3.60. The molecule has 0 bridgehead atoms. The van der Waals surface area contributed by atoms with Crippen LogP contribution < -0.4 is 10.6 Å². The third-order valence-corrected chi connectivity index (χ3v) is 8.57. The first-order chi connectivity index (χ1) is 14.9. The van der Waals surface area contributed by atoms with Crippen molar-refractivity contribution in [1.29, 1.82) is 0 Å². The molecular formula is C22H25N3O4S2. The fraction of sp³-hybridized carbons (Fsp3) is 0.364. The van der Waals surface area contributed by atoms with E-state index in [-0.39, 0.29) is 23.1 Å². The molecule has 2 N–H and O–H groups in total. The number of nitrogens with one attached hydrogen (secondary N) is 2. The standard InChI is InChI=1S/C22H25N3O4S2/c26-21(15-20-22(27)24-18-10-3-4-11-19(18)30-20)23-16-8-7-9-17(14-16)31(28,29)25-12-5-1-2-6-13-25/h3-4,7-11,14,20H,1-2,5-6,12-13,15H2,(H,23,26)(H,24,27)/t20-/m1/s1. The Morgan fingerprint density at radius 1 is 1.06 bits per heavy atom. The number of hydrogen-bond donors (Lipinski definition) is 2. The summed E-state index contributed by atoms with van der Waals surface area (Å²) in [5.74, 6) is -0.548. The van der Waals surface area contributed by atoms with Crippen molar-refractivity contribution in [3.63, 3.8) is 0 Å². The number of thioether (sulfide) groups is 1. The summed E-state index contributed by atoms with van der Waals surface area (Å²) in [6, 6.07) is 13.8. The van der Waals surface area contributed by atoms with Gasteiger partial charge in [0.1, 0.15) is 0 Å². The molecule has 2 aromatic rings. The Balaban J connectivity index is 1.43. The highest BCUT2D eigenvalue weighted by Crippen LogP contribution is 2.36. The van der Waals surface area contributed by atoms with Crippen molar-refractivity contribution in [3.05, 3.63) is 48.5 Å². The minimum Gasteiger partial charge on any atom is -0.326 e. The molecule has 7 nitrogen and oxygen atoms in total. The van der Waals surface area contributed by atoms with Crippen molar-refractivity contribution in [2.75, 3.05) is 23.7 Å². The lowest BCUT2D eigenvalue weighted by atomic mass is 10.2. The predicted molar refractivity (Wildman–Crippen MR) is 122 cm³/mol. The predicted octanol–water partition coefficient (Wildman–Crippen LogP) is 3.69. The lowest BCUT2D eigenvalue weighted by molar-refractivity contribution is -0.120. The van der Waals surface area contributed by atoms with Gasteiger partial charge in [-0.15, -0.1) is 11.8 Å². The van der Waals surface area contributed by atoms with Gasteiger partial charge >= 0.3 is 0 Å². The van der Waals surface area contributed by atoms with Crippen LogP contribution in [0, 0.1) is 0 Å². The first kappa shape index (κ1) is 21.9. The zero-order chi connectivity index (χ0) is 21.8. The zero-order valence-electron chi connectivity index (χ0n) is 17.0. The van der Waals surface area contributed by atoms with Gasteiger partial charge in [-0.25, -0.2) is 8.42 Å². The topological polar surface area (TPSA) is 95.6 Å². The summed E-state index contributed by atoms with van der Waals surface area (Å²) in [5.41, 5.74) is 1.16. The number of nitrogens with zero attached hydrogens (tertiary/aromatic N) is 1. The normalized spacial score (nSPS) is 19.7. The molecule has 2 heterocycles. The second-order valence-electron chi connectivity index (χ2n) is 7.69. The van der Waals surface area contributed by atoms with Gasteiger partial charge in [-0.1, -0.05) is 31.0 Å². The average molecular weight is 460 g/mol. The number of carbonyl (C=O) groups excluding carboxylic acids is 2. The van der Waals surface area contributed by atoms with Crippen LogP contribution in [0.4, 0.5) is 11.4 Å². The van der Waals surface area contributed by atoms with Crippen molar-refractivity contribution in [2.45, 2.75) is 47.1 Å². The van der Waals surface area contributed by atoms with E-state index >= 15 is 0 Å². The fourth-order valence-electron chi connectivity index (χ4n) is 3.77. The largest absolute Gasteiger partial charge is 0.326 e. The lowest BCUT2D eigenvalue weighted by Gasteiger charge is -2.23. The van der Waals surface area contributed by atoms with Crippen molar-refractivity contribution in [2.24, 2.45) is 0 Å². The van der Waals surface area contributed by atoms with Crippen LogP contribution in [0.3, 0.4) is 0 Å². The van der Waals surface area contributed by atoms with Gasteiger partial charge in [-0.2, -0.15) is 4.31 Å². The Bertz CT molecular complexity index is 1080. The SMILES string of the molecule is O=C(C[C@H]1Sc2ccccc2NC1=O)Nc1cccc(S(=O)(=O)N2CCCCCC2)c1. The summed E-state index contributed by atoms with van der Waals surface area (Å²) in [6.45, 7) is 1.04. The van der Waals surface area contributed by atoms with Crippen LogP contribution in [0.15, 0.2) is 58.3 Å². The smallest absolute Gasteiger partial charge is 0.243 e. The molecule has 0 unspecified atom stereocenters. The highest BCUT2D eigenvalue weighted by molar-refractivity contribution is 8.01. The third-order valence-electron chi connectivity index (χ3n) is 5.40. The molecule has 1 atom stereocenters. The van der Waals surface area contributed by atoms with E-state index in [0.29, 0.717) is 18.8 Å². The average Bonchev–Trinajstić information content (AvgIpc) is 3.05. The minimum atomic E-state index is -3.60. The van der Waals surface area contributed by atoms with E-state index in [2.05, 4.69) is 10.6 Å². The van der Waals surface area contributed by atoms with E-state index < -0.39 is 15.3 Å². The van der Waals surface area contributed by atoms with E-state index in [1.807, 2.05) is 24.3 Å². The van der Waals surface area contributed by atoms with Crippen LogP contribution >= 0.6 is 11.8 Å². The summed E-state index contributed by atoms with van der Waals surface area (Å²) in [4.78, 5) is 26.0. The van der Waals surface area contributed by atoms with E-state index in [9.17, 15) is 18.0 Å². The molecule has 2 aliphatic heterocycles. The molecule has 1 fully saturated rings. The monoisotopic (exact) mass is 459 g/mol. The van der Waals surface area contributed by atoms with Crippen LogP contribution in [0.25, 0.3) is 0 Å². The molecule has 0 aromatic heterocycles. The number of anilines is 2. The number of amides is 2. The van der Waals surface area contributed by atoms with Crippen molar-refractivity contribution in [3.8, 4) is 0 Å². The molecule has 2 aromatic carbocycles. The lowest BCUT2D eigenvalue weighted by Crippen LogP contribution is -2.32. The van der Waals surface area contributed by atoms with Crippen LogP contribution in [-0.2, 0) is 19.6 Å². The fourth-order valence-corrected chi connectivity index (χ4v) is 6.45. The number of benzene rings is 2. The van der Waals surface area contributed by atoms with Gasteiger partial charge in [0.15, 0.2) is 0 Å².